The Bertz CT molecular complexity index is 1340. The second kappa shape index (κ2) is 11.5. The molecule has 0 unspecified atom stereocenters. The second-order valence-electron chi connectivity index (χ2n) is 8.80. The van der Waals surface area contributed by atoms with Crippen molar-refractivity contribution in [2.45, 2.75) is 32.2 Å². The van der Waals surface area contributed by atoms with Crippen molar-refractivity contribution < 1.29 is 13.9 Å². The van der Waals surface area contributed by atoms with Gasteiger partial charge < -0.3 is 15.0 Å². The molecular formula is C28H28FN5O2S. The largest absolute Gasteiger partial charge is 0.450 e. The number of hydrogen-bond donors (Lipinski definition) is 1. The van der Waals surface area contributed by atoms with Gasteiger partial charge in [-0.3, -0.25) is 0 Å². The third kappa shape index (κ3) is 5.94. The van der Waals surface area contributed by atoms with Gasteiger partial charge in [0.1, 0.15) is 5.82 Å². The van der Waals surface area contributed by atoms with Crippen LogP contribution in [0.5, 0.6) is 0 Å². The van der Waals surface area contributed by atoms with E-state index in [9.17, 15) is 9.18 Å². The van der Waals surface area contributed by atoms with Gasteiger partial charge in [-0.1, -0.05) is 30.3 Å². The number of thiazole rings is 1. The average molecular weight is 518 g/mol. The number of anilines is 1. The molecule has 1 fully saturated rings. The van der Waals surface area contributed by atoms with Gasteiger partial charge in [-0.2, -0.15) is 0 Å². The van der Waals surface area contributed by atoms with Crippen molar-refractivity contribution in [2.75, 3.05) is 25.0 Å². The average Bonchev–Trinajstić information content (AvgIpc) is 3.39. The maximum atomic E-state index is 13.7. The highest BCUT2D eigenvalue weighted by atomic mass is 32.1. The Morgan fingerprint density at radius 1 is 1.08 bits per heavy atom. The summed E-state index contributed by atoms with van der Waals surface area (Å²) >= 11 is 1.60. The molecule has 0 radical (unpaired) electrons. The Morgan fingerprint density at radius 2 is 1.84 bits per heavy atom. The molecule has 0 aliphatic carbocycles. The van der Waals surface area contributed by atoms with E-state index in [2.05, 4.69) is 10.3 Å². The lowest BCUT2D eigenvalue weighted by molar-refractivity contribution is 0.0970. The summed E-state index contributed by atoms with van der Waals surface area (Å²) in [7, 11) is 0. The van der Waals surface area contributed by atoms with Crippen LogP contribution in [-0.4, -0.2) is 45.6 Å². The molecule has 1 aliphatic heterocycles. The Morgan fingerprint density at radius 3 is 2.57 bits per heavy atom. The molecule has 9 heteroatoms. The number of ether oxygens (including phenoxy) is 1. The number of piperidine rings is 1. The molecule has 4 aromatic rings. The van der Waals surface area contributed by atoms with Gasteiger partial charge in [0, 0.05) is 37.3 Å². The molecule has 1 N–H and O–H groups in total. The van der Waals surface area contributed by atoms with E-state index in [0.717, 1.165) is 45.2 Å². The molecule has 2 aromatic heterocycles. The molecule has 37 heavy (non-hydrogen) atoms. The number of nitrogens with zero attached hydrogens (tertiary/aromatic N) is 4. The monoisotopic (exact) mass is 517 g/mol. The lowest BCUT2D eigenvalue weighted by atomic mass is 9.98. The number of amides is 1. The standard InChI is InChI=1S/C28H28FN5O2S/c1-2-36-28(35)34-16-13-21(14-17-34)26-33-24(20-8-10-22(29)11-9-20)25(37-26)23-12-15-30-27(32-23)31-18-19-6-4-3-5-7-19/h3-12,15,21H,2,13-14,16-18H2,1H3,(H,30,31,32). The predicted molar refractivity (Wildman–Crippen MR) is 143 cm³/mol. The zero-order valence-electron chi connectivity index (χ0n) is 20.6. The minimum atomic E-state index is -0.290. The SMILES string of the molecule is CCOC(=O)N1CCC(c2nc(-c3ccc(F)cc3)c(-c3ccnc(NCc4ccccc4)n3)s2)CC1. The van der Waals surface area contributed by atoms with Crippen LogP contribution >= 0.6 is 11.3 Å². The Labute approximate surface area is 219 Å². The van der Waals surface area contributed by atoms with Crippen molar-refractivity contribution in [3.8, 4) is 21.8 Å². The first-order valence-corrected chi connectivity index (χ1v) is 13.2. The van der Waals surface area contributed by atoms with E-state index in [4.69, 9.17) is 14.7 Å². The van der Waals surface area contributed by atoms with Gasteiger partial charge in [0.2, 0.25) is 5.95 Å². The van der Waals surface area contributed by atoms with Crippen molar-refractivity contribution in [1.82, 2.24) is 19.9 Å². The predicted octanol–water partition coefficient (Wildman–Crippen LogP) is 6.35. The van der Waals surface area contributed by atoms with Gasteiger partial charge in [-0.25, -0.2) is 24.1 Å². The quantitative estimate of drug-likeness (QED) is 0.308. The molecule has 0 bridgehead atoms. The summed E-state index contributed by atoms with van der Waals surface area (Å²) in [6.07, 6.45) is 3.09. The van der Waals surface area contributed by atoms with Gasteiger partial charge in [0.15, 0.2) is 0 Å². The summed E-state index contributed by atoms with van der Waals surface area (Å²) in [6.45, 7) is 4.06. The zero-order valence-corrected chi connectivity index (χ0v) is 21.4. The van der Waals surface area contributed by atoms with E-state index in [-0.39, 0.29) is 17.8 Å². The lowest BCUT2D eigenvalue weighted by Gasteiger charge is -2.30. The van der Waals surface area contributed by atoms with E-state index in [1.807, 2.05) is 43.3 Å². The van der Waals surface area contributed by atoms with Crippen LogP contribution < -0.4 is 5.32 Å². The molecule has 2 aromatic carbocycles. The highest BCUT2D eigenvalue weighted by Gasteiger charge is 2.28. The summed E-state index contributed by atoms with van der Waals surface area (Å²) in [5.41, 5.74) is 3.51. The first kappa shape index (κ1) is 24.8. The molecule has 5 rings (SSSR count). The van der Waals surface area contributed by atoms with Gasteiger partial charge in [0.25, 0.3) is 0 Å². The number of likely N-dealkylation sites (tertiary alicyclic amines) is 1. The fourth-order valence-corrected chi connectivity index (χ4v) is 5.59. The summed E-state index contributed by atoms with van der Waals surface area (Å²) in [4.78, 5) is 29.0. The number of aromatic nitrogens is 3. The van der Waals surface area contributed by atoms with Crippen LogP contribution in [0.1, 0.15) is 36.3 Å². The van der Waals surface area contributed by atoms with Crippen molar-refractivity contribution in [2.24, 2.45) is 0 Å². The van der Waals surface area contributed by atoms with E-state index in [1.165, 1.54) is 12.1 Å². The molecule has 0 atom stereocenters. The molecule has 3 heterocycles. The molecule has 1 amide bonds. The number of hydrogen-bond acceptors (Lipinski definition) is 7. The minimum Gasteiger partial charge on any atom is -0.450 e. The third-order valence-corrected chi connectivity index (χ3v) is 7.55. The van der Waals surface area contributed by atoms with E-state index in [0.29, 0.717) is 32.2 Å². The molecule has 190 valence electrons. The fourth-order valence-electron chi connectivity index (χ4n) is 4.36. The van der Waals surface area contributed by atoms with Gasteiger partial charge in [0.05, 0.1) is 27.9 Å². The number of rotatable bonds is 7. The summed E-state index contributed by atoms with van der Waals surface area (Å²) < 4.78 is 18.8. The van der Waals surface area contributed by atoms with Crippen LogP contribution in [0.3, 0.4) is 0 Å². The van der Waals surface area contributed by atoms with Gasteiger partial charge >= 0.3 is 6.09 Å². The van der Waals surface area contributed by atoms with Gasteiger partial charge in [-0.05, 0) is 55.7 Å². The van der Waals surface area contributed by atoms with Crippen molar-refractivity contribution in [3.63, 3.8) is 0 Å². The Hall–Kier alpha value is -3.85. The first-order chi connectivity index (χ1) is 18.1. The highest BCUT2D eigenvalue weighted by Crippen LogP contribution is 2.41. The molecule has 1 saturated heterocycles. The maximum Gasteiger partial charge on any atom is 0.409 e. The molecule has 0 spiro atoms. The van der Waals surface area contributed by atoms with Crippen LogP contribution in [0.25, 0.3) is 21.8 Å². The van der Waals surface area contributed by atoms with Crippen molar-refractivity contribution in [1.29, 1.82) is 0 Å². The van der Waals surface area contributed by atoms with Crippen molar-refractivity contribution in [3.05, 3.63) is 83.2 Å². The number of benzene rings is 2. The Balaban J connectivity index is 1.41. The van der Waals surface area contributed by atoms with Crippen LogP contribution in [-0.2, 0) is 11.3 Å². The molecule has 7 nitrogen and oxygen atoms in total. The smallest absolute Gasteiger partial charge is 0.409 e. The normalized spacial score (nSPS) is 13.9. The Kier molecular flexibility index (Phi) is 7.70. The molecule has 0 saturated carbocycles. The maximum absolute atomic E-state index is 13.7. The van der Waals surface area contributed by atoms with Crippen molar-refractivity contribution >= 4 is 23.4 Å². The van der Waals surface area contributed by atoms with Crippen LogP contribution in [0.15, 0.2) is 66.9 Å². The van der Waals surface area contributed by atoms with Crippen LogP contribution in [0, 0.1) is 5.82 Å². The van der Waals surface area contributed by atoms with Crippen LogP contribution in [0.4, 0.5) is 15.1 Å². The van der Waals surface area contributed by atoms with Gasteiger partial charge in [-0.15, -0.1) is 11.3 Å². The first-order valence-electron chi connectivity index (χ1n) is 12.4. The van der Waals surface area contributed by atoms with E-state index in [1.54, 1.807) is 34.6 Å². The number of carbonyl (C=O) groups excluding carboxylic acids is 1. The fraction of sp³-hybridized carbons (Fsp3) is 0.286. The number of nitrogens with one attached hydrogen (secondary N) is 1. The summed E-state index contributed by atoms with van der Waals surface area (Å²) in [5, 5.41) is 4.29. The number of halogens is 1. The van der Waals surface area contributed by atoms with E-state index >= 15 is 0 Å². The van der Waals surface area contributed by atoms with E-state index < -0.39 is 0 Å². The summed E-state index contributed by atoms with van der Waals surface area (Å²) in [6, 6.07) is 18.3. The second-order valence-corrected chi connectivity index (χ2v) is 9.83. The zero-order chi connectivity index (χ0) is 25.6. The third-order valence-electron chi connectivity index (χ3n) is 6.31. The summed E-state index contributed by atoms with van der Waals surface area (Å²) in [5.74, 6) is 0.465. The molecular weight excluding hydrogens is 489 g/mol. The highest BCUT2D eigenvalue weighted by molar-refractivity contribution is 7.15. The number of carbonyl (C=O) groups is 1. The topological polar surface area (TPSA) is 80.2 Å². The van der Waals surface area contributed by atoms with Crippen LogP contribution in [0.2, 0.25) is 0 Å². The lowest BCUT2D eigenvalue weighted by Crippen LogP contribution is -2.38. The molecule has 1 aliphatic rings. The minimum absolute atomic E-state index is 0.223.